The molecule has 1 aliphatic carbocycles. The van der Waals surface area contributed by atoms with Gasteiger partial charge in [-0.1, -0.05) is 24.1 Å². The van der Waals surface area contributed by atoms with Crippen molar-refractivity contribution in [3.8, 4) is 0 Å². The third kappa shape index (κ3) is 3.33. The molecule has 0 bridgehead atoms. The Morgan fingerprint density at radius 2 is 2.14 bits per heavy atom. The van der Waals surface area contributed by atoms with Crippen LogP contribution in [0.5, 0.6) is 0 Å². The first-order valence-corrected chi connectivity index (χ1v) is 8.13. The van der Waals surface area contributed by atoms with Crippen LogP contribution in [0.3, 0.4) is 0 Å². The Bertz CT molecular complexity index is 524. The molecule has 1 saturated heterocycles. The number of nitrogens with two attached hydrogens (primary N) is 1. The minimum atomic E-state index is -0.446. The third-order valence-electron chi connectivity index (χ3n) is 4.36. The van der Waals surface area contributed by atoms with E-state index in [-0.39, 0.29) is 0 Å². The molecule has 4 nitrogen and oxygen atoms in total. The average molecular weight is 308 g/mol. The summed E-state index contributed by atoms with van der Waals surface area (Å²) in [5, 5.41) is 4.02. The minimum Gasteiger partial charge on any atom is -0.366 e. The number of piperidine rings is 1. The molecule has 1 aromatic carbocycles. The van der Waals surface area contributed by atoms with E-state index < -0.39 is 5.91 Å². The minimum absolute atomic E-state index is 0.446. The molecule has 21 heavy (non-hydrogen) atoms. The van der Waals surface area contributed by atoms with Crippen molar-refractivity contribution < 1.29 is 4.79 Å². The van der Waals surface area contributed by atoms with Gasteiger partial charge in [0.25, 0.3) is 5.91 Å². The van der Waals surface area contributed by atoms with Crippen LogP contribution in [0.2, 0.25) is 5.02 Å². The molecule has 1 aliphatic heterocycles. The smallest absolute Gasteiger partial charge is 0.252 e. The number of halogens is 1. The Labute approximate surface area is 130 Å². The van der Waals surface area contributed by atoms with Gasteiger partial charge in [-0.3, -0.25) is 4.79 Å². The Balaban J connectivity index is 1.87. The summed E-state index contributed by atoms with van der Waals surface area (Å²) in [6.45, 7) is 2.01. The summed E-state index contributed by atoms with van der Waals surface area (Å²) in [6, 6.07) is 6.60. The lowest BCUT2D eigenvalue weighted by Gasteiger charge is -2.33. The number of hydrogen-bond donors (Lipinski definition) is 2. The van der Waals surface area contributed by atoms with Gasteiger partial charge in [0.05, 0.1) is 16.3 Å². The number of primary amides is 1. The topological polar surface area (TPSA) is 58.4 Å². The summed E-state index contributed by atoms with van der Waals surface area (Å²) in [7, 11) is 0. The lowest BCUT2D eigenvalue weighted by molar-refractivity contribution is 0.100. The van der Waals surface area contributed by atoms with Gasteiger partial charge in [0.15, 0.2) is 0 Å². The van der Waals surface area contributed by atoms with Gasteiger partial charge >= 0.3 is 0 Å². The van der Waals surface area contributed by atoms with E-state index in [1.807, 2.05) is 12.1 Å². The van der Waals surface area contributed by atoms with Crippen LogP contribution in [0.25, 0.3) is 0 Å². The largest absolute Gasteiger partial charge is 0.366 e. The van der Waals surface area contributed by atoms with Gasteiger partial charge in [-0.25, -0.2) is 0 Å². The zero-order valence-electron chi connectivity index (χ0n) is 12.1. The SMILES string of the molecule is NC(=O)c1c(Cl)cccc1N(CC1CCCCN1)C1CC1. The van der Waals surface area contributed by atoms with E-state index in [0.717, 1.165) is 18.8 Å². The van der Waals surface area contributed by atoms with Crippen LogP contribution in [0.15, 0.2) is 18.2 Å². The number of anilines is 1. The number of carbonyl (C=O) groups is 1. The molecule has 1 atom stereocenters. The summed E-state index contributed by atoms with van der Waals surface area (Å²) < 4.78 is 0. The molecule has 1 aromatic rings. The second-order valence-electron chi connectivity index (χ2n) is 6.03. The first-order valence-electron chi connectivity index (χ1n) is 7.75. The summed E-state index contributed by atoms with van der Waals surface area (Å²) in [5.41, 5.74) is 6.89. The maximum atomic E-state index is 11.8. The number of amides is 1. The van der Waals surface area contributed by atoms with Crippen LogP contribution in [0, 0.1) is 0 Å². The van der Waals surface area contributed by atoms with Crippen LogP contribution in [0.1, 0.15) is 42.5 Å². The molecule has 114 valence electrons. The molecule has 3 rings (SSSR count). The molecule has 1 unspecified atom stereocenters. The van der Waals surface area contributed by atoms with Crippen molar-refractivity contribution in [3.63, 3.8) is 0 Å². The fourth-order valence-corrected chi connectivity index (χ4v) is 3.41. The van der Waals surface area contributed by atoms with Crippen LogP contribution >= 0.6 is 11.6 Å². The van der Waals surface area contributed by atoms with Gasteiger partial charge in [0.1, 0.15) is 0 Å². The van der Waals surface area contributed by atoms with E-state index in [0.29, 0.717) is 22.7 Å². The van der Waals surface area contributed by atoms with Gasteiger partial charge in [-0.05, 0) is 44.4 Å². The van der Waals surface area contributed by atoms with E-state index in [1.165, 1.54) is 32.1 Å². The van der Waals surface area contributed by atoms with E-state index in [2.05, 4.69) is 10.2 Å². The lowest BCUT2D eigenvalue weighted by atomic mass is 10.0. The molecule has 0 aromatic heterocycles. The molecule has 1 heterocycles. The summed E-state index contributed by atoms with van der Waals surface area (Å²) in [6.07, 6.45) is 6.07. The Kier molecular flexibility index (Phi) is 4.36. The molecule has 1 saturated carbocycles. The predicted octanol–water partition coefficient (Wildman–Crippen LogP) is 2.55. The molecule has 3 N–H and O–H groups in total. The first-order chi connectivity index (χ1) is 10.2. The van der Waals surface area contributed by atoms with Gasteiger partial charge < -0.3 is 16.0 Å². The lowest BCUT2D eigenvalue weighted by Crippen LogP contribution is -2.45. The van der Waals surface area contributed by atoms with E-state index in [9.17, 15) is 4.79 Å². The Morgan fingerprint density at radius 1 is 1.33 bits per heavy atom. The van der Waals surface area contributed by atoms with Crippen molar-refractivity contribution in [1.82, 2.24) is 5.32 Å². The standard InChI is InChI=1S/C16H22ClN3O/c17-13-5-3-6-14(15(13)16(18)21)20(12-7-8-12)10-11-4-1-2-9-19-11/h3,5-6,11-12,19H,1-2,4,7-10H2,(H2,18,21). The highest BCUT2D eigenvalue weighted by molar-refractivity contribution is 6.34. The molecular formula is C16H22ClN3O. The number of rotatable bonds is 5. The zero-order chi connectivity index (χ0) is 14.8. The van der Waals surface area contributed by atoms with Crippen molar-refractivity contribution in [2.24, 2.45) is 5.73 Å². The van der Waals surface area contributed by atoms with Crippen LogP contribution < -0.4 is 16.0 Å². The molecular weight excluding hydrogens is 286 g/mol. The van der Waals surface area contributed by atoms with E-state index in [1.54, 1.807) is 6.07 Å². The molecule has 2 aliphatic rings. The maximum absolute atomic E-state index is 11.8. The number of carbonyl (C=O) groups excluding carboxylic acids is 1. The maximum Gasteiger partial charge on any atom is 0.252 e. The number of nitrogens with zero attached hydrogens (tertiary/aromatic N) is 1. The number of hydrogen-bond acceptors (Lipinski definition) is 3. The third-order valence-corrected chi connectivity index (χ3v) is 4.68. The monoisotopic (exact) mass is 307 g/mol. The fraction of sp³-hybridized carbons (Fsp3) is 0.562. The normalized spacial score (nSPS) is 22.0. The first kappa shape index (κ1) is 14.7. The molecule has 1 amide bonds. The van der Waals surface area contributed by atoms with Crippen LogP contribution in [-0.4, -0.2) is 31.1 Å². The van der Waals surface area contributed by atoms with E-state index >= 15 is 0 Å². The molecule has 2 fully saturated rings. The van der Waals surface area contributed by atoms with Crippen molar-refractivity contribution in [1.29, 1.82) is 0 Å². The van der Waals surface area contributed by atoms with Gasteiger partial charge in [-0.2, -0.15) is 0 Å². The second-order valence-corrected chi connectivity index (χ2v) is 6.44. The summed E-state index contributed by atoms with van der Waals surface area (Å²) in [4.78, 5) is 14.1. The fourth-order valence-electron chi connectivity index (χ4n) is 3.14. The predicted molar refractivity (Wildman–Crippen MR) is 86.0 cm³/mol. The highest BCUT2D eigenvalue weighted by Crippen LogP contribution is 2.36. The zero-order valence-corrected chi connectivity index (χ0v) is 12.9. The molecule has 0 radical (unpaired) electrons. The quantitative estimate of drug-likeness (QED) is 0.879. The highest BCUT2D eigenvalue weighted by atomic mass is 35.5. The van der Waals surface area contributed by atoms with Crippen molar-refractivity contribution >= 4 is 23.2 Å². The number of nitrogens with one attached hydrogen (secondary N) is 1. The van der Waals surface area contributed by atoms with Crippen LogP contribution in [0.4, 0.5) is 5.69 Å². The van der Waals surface area contributed by atoms with Crippen molar-refractivity contribution in [2.45, 2.75) is 44.2 Å². The second kappa shape index (κ2) is 6.24. The molecule has 0 spiro atoms. The van der Waals surface area contributed by atoms with Crippen molar-refractivity contribution in [3.05, 3.63) is 28.8 Å². The van der Waals surface area contributed by atoms with Crippen molar-refractivity contribution in [2.75, 3.05) is 18.0 Å². The molecule has 5 heteroatoms. The Morgan fingerprint density at radius 3 is 2.76 bits per heavy atom. The highest BCUT2D eigenvalue weighted by Gasteiger charge is 2.33. The number of benzene rings is 1. The van der Waals surface area contributed by atoms with Crippen LogP contribution in [-0.2, 0) is 0 Å². The Hall–Kier alpha value is -1.26. The van der Waals surface area contributed by atoms with Gasteiger partial charge in [0.2, 0.25) is 0 Å². The average Bonchev–Trinajstić information content (AvgIpc) is 3.30. The summed E-state index contributed by atoms with van der Waals surface area (Å²) in [5.74, 6) is -0.446. The van der Waals surface area contributed by atoms with Gasteiger partial charge in [-0.15, -0.1) is 0 Å². The van der Waals surface area contributed by atoms with Gasteiger partial charge in [0, 0.05) is 18.6 Å². The summed E-state index contributed by atoms with van der Waals surface area (Å²) >= 11 is 6.19. The van der Waals surface area contributed by atoms with E-state index in [4.69, 9.17) is 17.3 Å².